The molecule has 2 aromatic heterocycles. The second-order valence-electron chi connectivity index (χ2n) is 5.98. The minimum Gasteiger partial charge on any atom is -0.493 e. The van der Waals surface area contributed by atoms with Crippen molar-refractivity contribution in [2.24, 2.45) is 0 Å². The summed E-state index contributed by atoms with van der Waals surface area (Å²) in [5.74, 6) is -0.659. The standard InChI is InChI=1S/C17H18N4O3S2/c18-8-11-10-5-3-1-2-4-6-12(10)26-16(11)19-15(24)9-25-17-20-13(22)7-14(23)21-17/h7H,1-6,9H2,(H,19,24)(H2,20,21,22,23). The summed E-state index contributed by atoms with van der Waals surface area (Å²) in [4.78, 5) is 31.0. The lowest BCUT2D eigenvalue weighted by Gasteiger charge is -2.08. The molecule has 1 aliphatic rings. The first-order valence-corrected chi connectivity index (χ1v) is 10.1. The molecule has 0 fully saturated rings. The number of aromatic nitrogens is 2. The van der Waals surface area contributed by atoms with Gasteiger partial charge in [-0.2, -0.15) is 10.2 Å². The number of thioether (sulfide) groups is 1. The highest BCUT2D eigenvalue weighted by Crippen LogP contribution is 2.36. The lowest BCUT2D eigenvalue weighted by Crippen LogP contribution is -2.15. The minimum absolute atomic E-state index is 0.0137. The number of H-pyrrole nitrogens is 1. The molecule has 7 nitrogen and oxygen atoms in total. The third-order valence-corrected chi connectivity index (χ3v) is 6.16. The van der Waals surface area contributed by atoms with Gasteiger partial charge in [-0.3, -0.25) is 9.59 Å². The van der Waals surface area contributed by atoms with Crippen LogP contribution in [0.5, 0.6) is 5.88 Å². The summed E-state index contributed by atoms with van der Waals surface area (Å²) in [6, 6.07) is 3.20. The van der Waals surface area contributed by atoms with Crippen molar-refractivity contribution < 1.29 is 9.90 Å². The van der Waals surface area contributed by atoms with E-state index in [1.54, 1.807) is 0 Å². The number of nitriles is 1. The third-order valence-electron chi connectivity index (χ3n) is 4.08. The van der Waals surface area contributed by atoms with Crippen molar-refractivity contribution in [2.45, 2.75) is 43.7 Å². The molecular weight excluding hydrogens is 372 g/mol. The Hall–Kier alpha value is -2.31. The maximum absolute atomic E-state index is 12.3. The van der Waals surface area contributed by atoms with E-state index in [9.17, 15) is 20.0 Å². The van der Waals surface area contributed by atoms with Crippen LogP contribution in [0, 0.1) is 11.3 Å². The molecule has 3 N–H and O–H groups in total. The summed E-state index contributed by atoms with van der Waals surface area (Å²) in [7, 11) is 0. The molecule has 0 aliphatic heterocycles. The van der Waals surface area contributed by atoms with Crippen LogP contribution < -0.4 is 10.9 Å². The second-order valence-corrected chi connectivity index (χ2v) is 8.05. The van der Waals surface area contributed by atoms with Crippen LogP contribution in [0.4, 0.5) is 5.00 Å². The molecule has 0 unspecified atom stereocenters. The van der Waals surface area contributed by atoms with Crippen LogP contribution >= 0.6 is 23.1 Å². The number of aryl methyl sites for hydroxylation is 1. The molecule has 0 spiro atoms. The summed E-state index contributed by atoms with van der Waals surface area (Å²) in [5.41, 5.74) is 1.18. The molecule has 0 aromatic carbocycles. The monoisotopic (exact) mass is 390 g/mol. The highest BCUT2D eigenvalue weighted by Gasteiger charge is 2.20. The number of fused-ring (bicyclic) bond motifs is 1. The van der Waals surface area contributed by atoms with Gasteiger partial charge in [0.1, 0.15) is 11.1 Å². The highest BCUT2D eigenvalue weighted by molar-refractivity contribution is 7.99. The molecule has 0 saturated carbocycles. The van der Waals surface area contributed by atoms with Gasteiger partial charge in [-0.05, 0) is 31.2 Å². The summed E-state index contributed by atoms with van der Waals surface area (Å²) < 4.78 is 0. The number of aromatic amines is 1. The largest absolute Gasteiger partial charge is 0.493 e. The molecule has 3 rings (SSSR count). The maximum Gasteiger partial charge on any atom is 0.255 e. The Kier molecular flexibility index (Phi) is 5.96. The zero-order valence-corrected chi connectivity index (χ0v) is 15.6. The van der Waals surface area contributed by atoms with E-state index in [1.807, 2.05) is 0 Å². The fourth-order valence-corrected chi connectivity index (χ4v) is 4.84. The SMILES string of the molecule is N#Cc1c(NC(=O)CSc2nc(O)cc(=O)[nH]2)sc2c1CCCCCC2. The third kappa shape index (κ3) is 4.45. The molecule has 9 heteroatoms. The highest BCUT2D eigenvalue weighted by atomic mass is 32.2. The number of hydrogen-bond donors (Lipinski definition) is 3. The van der Waals surface area contributed by atoms with E-state index >= 15 is 0 Å². The van der Waals surface area contributed by atoms with Gasteiger partial charge in [-0.1, -0.05) is 24.6 Å². The summed E-state index contributed by atoms with van der Waals surface area (Å²) >= 11 is 2.50. The van der Waals surface area contributed by atoms with E-state index < -0.39 is 5.56 Å². The van der Waals surface area contributed by atoms with Crippen molar-refractivity contribution in [2.75, 3.05) is 11.1 Å². The van der Waals surface area contributed by atoms with Crippen molar-refractivity contribution in [1.82, 2.24) is 9.97 Å². The van der Waals surface area contributed by atoms with Crippen LogP contribution in [0.1, 0.15) is 41.7 Å². The Bertz CT molecular complexity index is 914. The first kappa shape index (κ1) is 18.5. The molecule has 0 bridgehead atoms. The van der Waals surface area contributed by atoms with Crippen LogP contribution in [-0.4, -0.2) is 26.7 Å². The molecule has 0 saturated heterocycles. The number of nitrogens with zero attached hydrogens (tertiary/aromatic N) is 2. The number of rotatable bonds is 4. The maximum atomic E-state index is 12.3. The fraction of sp³-hybridized carbons (Fsp3) is 0.412. The molecule has 0 radical (unpaired) electrons. The predicted molar refractivity (Wildman–Crippen MR) is 101 cm³/mol. The van der Waals surface area contributed by atoms with Crippen molar-refractivity contribution >= 4 is 34.0 Å². The zero-order chi connectivity index (χ0) is 18.5. The van der Waals surface area contributed by atoms with E-state index in [-0.39, 0.29) is 22.7 Å². The van der Waals surface area contributed by atoms with Crippen LogP contribution in [0.3, 0.4) is 0 Å². The van der Waals surface area contributed by atoms with Crippen molar-refractivity contribution in [3.8, 4) is 11.9 Å². The minimum atomic E-state index is -0.481. The second kappa shape index (κ2) is 8.38. The van der Waals surface area contributed by atoms with Gasteiger partial charge in [0, 0.05) is 4.88 Å². The van der Waals surface area contributed by atoms with Gasteiger partial charge < -0.3 is 15.4 Å². The Morgan fingerprint density at radius 3 is 2.88 bits per heavy atom. The summed E-state index contributed by atoms with van der Waals surface area (Å²) in [6.07, 6.45) is 6.39. The number of anilines is 1. The van der Waals surface area contributed by atoms with Crippen molar-refractivity contribution in [3.05, 3.63) is 32.4 Å². The van der Waals surface area contributed by atoms with Crippen molar-refractivity contribution in [1.29, 1.82) is 5.26 Å². The van der Waals surface area contributed by atoms with Gasteiger partial charge >= 0.3 is 0 Å². The number of carbonyl (C=O) groups excluding carboxylic acids is 1. The molecule has 0 atom stereocenters. The predicted octanol–water partition coefficient (Wildman–Crippen LogP) is 2.80. The molecular formula is C17H18N4O3S2. The number of nitrogens with one attached hydrogen (secondary N) is 2. The van der Waals surface area contributed by atoms with Gasteiger partial charge in [0.05, 0.1) is 17.4 Å². The van der Waals surface area contributed by atoms with E-state index in [2.05, 4.69) is 21.4 Å². The molecule has 136 valence electrons. The van der Waals surface area contributed by atoms with Crippen LogP contribution in [0.15, 0.2) is 16.0 Å². The normalized spacial score (nSPS) is 14.0. The molecule has 2 aromatic rings. The summed E-state index contributed by atoms with van der Waals surface area (Å²) in [6.45, 7) is 0. The first-order valence-electron chi connectivity index (χ1n) is 8.34. The van der Waals surface area contributed by atoms with E-state index in [0.717, 1.165) is 49.1 Å². The molecule has 2 heterocycles. The van der Waals surface area contributed by atoms with E-state index in [4.69, 9.17) is 0 Å². The van der Waals surface area contributed by atoms with Gasteiger partial charge in [-0.15, -0.1) is 11.3 Å². The van der Waals surface area contributed by atoms with Crippen LogP contribution in [0.25, 0.3) is 0 Å². The van der Waals surface area contributed by atoms with Crippen LogP contribution in [0.2, 0.25) is 0 Å². The fourth-order valence-electron chi connectivity index (χ4n) is 2.91. The quantitative estimate of drug-likeness (QED) is 0.546. The number of hydrogen-bond acceptors (Lipinski definition) is 7. The first-order chi connectivity index (χ1) is 12.6. The van der Waals surface area contributed by atoms with Gasteiger partial charge in [0.25, 0.3) is 5.56 Å². The Morgan fingerprint density at radius 1 is 1.38 bits per heavy atom. The average Bonchev–Trinajstić information content (AvgIpc) is 2.87. The summed E-state index contributed by atoms with van der Waals surface area (Å²) in [5, 5.41) is 22.4. The lowest BCUT2D eigenvalue weighted by atomic mass is 9.97. The van der Waals surface area contributed by atoms with E-state index in [1.165, 1.54) is 29.1 Å². The number of amides is 1. The number of carbonyl (C=O) groups is 1. The van der Waals surface area contributed by atoms with Gasteiger partial charge in [0.2, 0.25) is 11.8 Å². The van der Waals surface area contributed by atoms with Gasteiger partial charge in [0.15, 0.2) is 5.16 Å². The van der Waals surface area contributed by atoms with Gasteiger partial charge in [-0.25, -0.2) is 0 Å². The lowest BCUT2D eigenvalue weighted by molar-refractivity contribution is -0.113. The average molecular weight is 390 g/mol. The number of aromatic hydroxyl groups is 1. The van der Waals surface area contributed by atoms with E-state index in [0.29, 0.717) is 10.6 Å². The Balaban J connectivity index is 1.70. The molecule has 1 aliphatic carbocycles. The zero-order valence-electron chi connectivity index (χ0n) is 14.0. The Labute approximate surface area is 158 Å². The van der Waals surface area contributed by atoms with Crippen LogP contribution in [-0.2, 0) is 17.6 Å². The number of thiophene rings is 1. The molecule has 1 amide bonds. The molecule has 26 heavy (non-hydrogen) atoms. The van der Waals surface area contributed by atoms with Crippen molar-refractivity contribution in [3.63, 3.8) is 0 Å². The Morgan fingerprint density at radius 2 is 2.15 bits per heavy atom. The topological polar surface area (TPSA) is 119 Å². The smallest absolute Gasteiger partial charge is 0.255 e.